The summed E-state index contributed by atoms with van der Waals surface area (Å²) in [4.78, 5) is 48.1. The topological polar surface area (TPSA) is 138 Å². The quantitative estimate of drug-likeness (QED) is 0.502. The standard InChI is InChI=1S/C26H33N5O5S/c1-16-15-21(28-17(2)27-16)30-37(35,36)19-10-8-18(9-11-19)29-22(32)7-6-14-31-23(33)20-12-13-26(5,24(31)34)25(20,3)4/h8-11,15,20H,6-7,12-14H2,1-5H3,(H,29,32)(H,27,28,30). The Hall–Kier alpha value is -3.34. The first kappa shape index (κ1) is 26.7. The largest absolute Gasteiger partial charge is 0.326 e. The number of nitrogens with zero attached hydrogens (tertiary/aromatic N) is 3. The van der Waals surface area contributed by atoms with Gasteiger partial charge in [0, 0.05) is 36.3 Å². The van der Waals surface area contributed by atoms with E-state index in [4.69, 9.17) is 0 Å². The number of sulfonamides is 1. The zero-order valence-electron chi connectivity index (χ0n) is 21.8. The molecule has 1 aromatic heterocycles. The summed E-state index contributed by atoms with van der Waals surface area (Å²) >= 11 is 0. The lowest BCUT2D eigenvalue weighted by molar-refractivity contribution is -0.168. The molecule has 1 saturated heterocycles. The number of carbonyl (C=O) groups is 3. The summed E-state index contributed by atoms with van der Waals surface area (Å²) in [6.07, 6.45) is 1.88. The van der Waals surface area contributed by atoms with Crippen molar-refractivity contribution in [3.63, 3.8) is 0 Å². The number of fused-ring (bicyclic) bond motifs is 2. The van der Waals surface area contributed by atoms with Gasteiger partial charge in [-0.05, 0) is 62.8 Å². The van der Waals surface area contributed by atoms with Crippen molar-refractivity contribution in [1.82, 2.24) is 14.9 Å². The van der Waals surface area contributed by atoms with Crippen LogP contribution in [-0.2, 0) is 24.4 Å². The third-order valence-corrected chi connectivity index (χ3v) is 9.32. The Balaban J connectivity index is 1.31. The molecule has 2 atom stereocenters. The fraction of sp³-hybridized carbons (Fsp3) is 0.500. The van der Waals surface area contributed by atoms with Gasteiger partial charge in [-0.3, -0.25) is 24.0 Å². The van der Waals surface area contributed by atoms with E-state index in [0.29, 0.717) is 36.5 Å². The Morgan fingerprint density at radius 1 is 1.11 bits per heavy atom. The van der Waals surface area contributed by atoms with E-state index < -0.39 is 15.4 Å². The maximum absolute atomic E-state index is 13.1. The molecule has 4 rings (SSSR count). The van der Waals surface area contributed by atoms with E-state index in [1.54, 1.807) is 13.8 Å². The normalized spacial score (nSPS) is 22.7. The second kappa shape index (κ2) is 9.51. The van der Waals surface area contributed by atoms with E-state index in [-0.39, 0.29) is 52.7 Å². The first-order valence-corrected chi connectivity index (χ1v) is 13.8. The van der Waals surface area contributed by atoms with Crippen LogP contribution in [0.5, 0.6) is 0 Å². The molecule has 0 radical (unpaired) electrons. The molecule has 198 valence electrons. The van der Waals surface area contributed by atoms with E-state index in [9.17, 15) is 22.8 Å². The van der Waals surface area contributed by atoms with Gasteiger partial charge >= 0.3 is 0 Å². The van der Waals surface area contributed by atoms with Crippen LogP contribution in [0.25, 0.3) is 0 Å². The number of anilines is 2. The van der Waals surface area contributed by atoms with Gasteiger partial charge in [0.2, 0.25) is 17.7 Å². The number of piperidine rings is 1. The van der Waals surface area contributed by atoms with Gasteiger partial charge in [0.25, 0.3) is 10.0 Å². The summed E-state index contributed by atoms with van der Waals surface area (Å²) in [6, 6.07) is 7.32. The van der Waals surface area contributed by atoms with Crippen LogP contribution in [0.3, 0.4) is 0 Å². The maximum Gasteiger partial charge on any atom is 0.263 e. The maximum atomic E-state index is 13.1. The van der Waals surface area contributed by atoms with Crippen LogP contribution in [0, 0.1) is 30.6 Å². The van der Waals surface area contributed by atoms with Crippen LogP contribution < -0.4 is 10.0 Å². The Morgan fingerprint density at radius 3 is 2.43 bits per heavy atom. The number of nitrogens with one attached hydrogen (secondary N) is 2. The van der Waals surface area contributed by atoms with Crippen LogP contribution in [-0.4, -0.2) is 47.6 Å². The predicted molar refractivity (Wildman–Crippen MR) is 138 cm³/mol. The molecule has 1 saturated carbocycles. The average Bonchev–Trinajstić information content (AvgIpc) is 2.98. The lowest BCUT2D eigenvalue weighted by Gasteiger charge is -2.47. The van der Waals surface area contributed by atoms with Gasteiger partial charge in [-0.15, -0.1) is 0 Å². The van der Waals surface area contributed by atoms with Gasteiger partial charge in [0.1, 0.15) is 11.6 Å². The zero-order valence-corrected chi connectivity index (χ0v) is 22.6. The van der Waals surface area contributed by atoms with Crippen molar-refractivity contribution in [3.8, 4) is 0 Å². The van der Waals surface area contributed by atoms with Gasteiger partial charge in [0.15, 0.2) is 0 Å². The number of hydrogen-bond donors (Lipinski definition) is 2. The summed E-state index contributed by atoms with van der Waals surface area (Å²) < 4.78 is 27.8. The van der Waals surface area contributed by atoms with Gasteiger partial charge in [-0.25, -0.2) is 18.4 Å². The molecule has 1 aliphatic heterocycles. The Labute approximate surface area is 217 Å². The van der Waals surface area contributed by atoms with Crippen LogP contribution in [0.4, 0.5) is 11.5 Å². The second-order valence-electron chi connectivity index (χ2n) is 10.7. The minimum absolute atomic E-state index is 0.0209. The number of aromatic nitrogens is 2. The molecule has 0 spiro atoms. The SMILES string of the molecule is Cc1cc(NS(=O)(=O)c2ccc(NC(=O)CCCN3C(=O)C4CCC(C)(C3=O)C4(C)C)cc2)nc(C)n1. The number of imide groups is 1. The van der Waals surface area contributed by atoms with Gasteiger partial charge < -0.3 is 5.32 Å². The van der Waals surface area contributed by atoms with E-state index in [0.717, 1.165) is 0 Å². The number of benzene rings is 1. The van der Waals surface area contributed by atoms with E-state index in [1.807, 2.05) is 20.8 Å². The molecule has 10 nitrogen and oxygen atoms in total. The number of aryl methyl sites for hydroxylation is 2. The molecule has 1 aromatic carbocycles. The van der Waals surface area contributed by atoms with Gasteiger partial charge in [-0.2, -0.15) is 0 Å². The summed E-state index contributed by atoms with van der Waals surface area (Å²) in [5, 5.41) is 2.73. The van der Waals surface area contributed by atoms with Crippen molar-refractivity contribution in [1.29, 1.82) is 0 Å². The van der Waals surface area contributed by atoms with Crippen LogP contribution in [0.1, 0.15) is 58.0 Å². The highest BCUT2D eigenvalue weighted by Crippen LogP contribution is 2.60. The van der Waals surface area contributed by atoms with Crippen LogP contribution in [0.2, 0.25) is 0 Å². The minimum atomic E-state index is -3.87. The Bertz CT molecular complexity index is 1340. The molecule has 11 heteroatoms. The van der Waals surface area contributed by atoms with E-state index >= 15 is 0 Å². The molecule has 2 unspecified atom stereocenters. The molecule has 2 bridgehead atoms. The first-order chi connectivity index (χ1) is 17.2. The Morgan fingerprint density at radius 2 is 1.78 bits per heavy atom. The highest BCUT2D eigenvalue weighted by Gasteiger charge is 2.64. The zero-order chi connectivity index (χ0) is 27.2. The number of rotatable bonds is 8. The summed E-state index contributed by atoms with van der Waals surface area (Å²) in [6.45, 7) is 9.56. The lowest BCUT2D eigenvalue weighted by atomic mass is 9.62. The first-order valence-electron chi connectivity index (χ1n) is 12.4. The predicted octanol–water partition coefficient (Wildman–Crippen LogP) is 3.42. The lowest BCUT2D eigenvalue weighted by Crippen LogP contribution is -2.59. The molecular formula is C26H33N5O5S. The molecule has 2 N–H and O–H groups in total. The van der Waals surface area contributed by atoms with Gasteiger partial charge in [-0.1, -0.05) is 20.8 Å². The fourth-order valence-corrected chi connectivity index (χ4v) is 6.41. The molecule has 37 heavy (non-hydrogen) atoms. The number of hydrogen-bond acceptors (Lipinski definition) is 7. The van der Waals surface area contributed by atoms with E-state index in [2.05, 4.69) is 20.0 Å². The highest BCUT2D eigenvalue weighted by molar-refractivity contribution is 7.92. The van der Waals surface area contributed by atoms with Crippen LogP contribution in [0.15, 0.2) is 35.2 Å². The highest BCUT2D eigenvalue weighted by atomic mass is 32.2. The molecule has 3 amide bonds. The second-order valence-corrected chi connectivity index (χ2v) is 12.3. The minimum Gasteiger partial charge on any atom is -0.326 e. The van der Waals surface area contributed by atoms with Crippen molar-refractivity contribution in [2.45, 2.75) is 65.2 Å². The summed E-state index contributed by atoms with van der Waals surface area (Å²) in [5.41, 5.74) is 0.157. The summed E-state index contributed by atoms with van der Waals surface area (Å²) in [5.74, 6) is -0.103. The van der Waals surface area contributed by atoms with Crippen molar-refractivity contribution >= 4 is 39.3 Å². The molecule has 2 heterocycles. The average molecular weight is 528 g/mol. The third-order valence-electron chi connectivity index (χ3n) is 7.95. The van der Waals surface area contributed by atoms with Crippen molar-refractivity contribution < 1.29 is 22.8 Å². The van der Waals surface area contributed by atoms with Crippen LogP contribution >= 0.6 is 0 Å². The number of amides is 3. The molecule has 2 aromatic rings. The monoisotopic (exact) mass is 527 g/mol. The van der Waals surface area contributed by atoms with Crippen molar-refractivity contribution in [2.75, 3.05) is 16.6 Å². The third kappa shape index (κ3) is 4.96. The van der Waals surface area contributed by atoms with Crippen molar-refractivity contribution in [3.05, 3.63) is 41.9 Å². The smallest absolute Gasteiger partial charge is 0.263 e. The van der Waals surface area contributed by atoms with Gasteiger partial charge in [0.05, 0.1) is 10.3 Å². The molecular weight excluding hydrogens is 494 g/mol. The molecule has 2 fully saturated rings. The fourth-order valence-electron chi connectivity index (χ4n) is 5.42. The Kier molecular flexibility index (Phi) is 6.87. The summed E-state index contributed by atoms with van der Waals surface area (Å²) in [7, 11) is -3.87. The molecule has 1 aliphatic carbocycles. The molecule has 2 aliphatic rings. The van der Waals surface area contributed by atoms with Crippen molar-refractivity contribution in [2.24, 2.45) is 16.7 Å². The number of likely N-dealkylation sites (tertiary alicyclic amines) is 1. The van der Waals surface area contributed by atoms with E-state index in [1.165, 1.54) is 35.2 Å². The number of carbonyl (C=O) groups excluding carboxylic acids is 3.